The first-order valence-electron chi connectivity index (χ1n) is 7.03. The summed E-state index contributed by atoms with van der Waals surface area (Å²) in [5.41, 5.74) is 3.34. The van der Waals surface area contributed by atoms with Gasteiger partial charge in [0.05, 0.1) is 18.5 Å². The number of hydrogen-bond donors (Lipinski definition) is 1. The van der Waals surface area contributed by atoms with Crippen LogP contribution in [-0.2, 0) is 6.42 Å². The maximum Gasteiger partial charge on any atom is 0.339 e. The summed E-state index contributed by atoms with van der Waals surface area (Å²) in [5, 5.41) is 9.34. The predicted octanol–water partition coefficient (Wildman–Crippen LogP) is 3.27. The molecule has 3 rings (SSSR count). The van der Waals surface area contributed by atoms with Gasteiger partial charge in [0.2, 0.25) is 0 Å². The van der Waals surface area contributed by atoms with Crippen molar-refractivity contribution in [2.75, 3.05) is 7.11 Å². The molecule has 0 aliphatic heterocycles. The summed E-state index contributed by atoms with van der Waals surface area (Å²) in [6.45, 7) is 2.03. The number of aromatic nitrogens is 2. The third-order valence-corrected chi connectivity index (χ3v) is 3.66. The van der Waals surface area contributed by atoms with Crippen LogP contribution in [0, 0.1) is 0 Å². The van der Waals surface area contributed by atoms with Crippen LogP contribution in [0.1, 0.15) is 23.0 Å². The van der Waals surface area contributed by atoms with E-state index in [2.05, 4.69) is 4.98 Å². The standard InChI is InChI=1S/C17H16N2O3/c1-3-14-15(11-6-4-7-12(10-11)22-2)18-16-13(17(20)21)8-5-9-19(14)16/h4-10H,3H2,1-2H3,(H,20,21). The fourth-order valence-corrected chi connectivity index (χ4v) is 2.62. The van der Waals surface area contributed by atoms with Crippen molar-refractivity contribution >= 4 is 11.6 Å². The lowest BCUT2D eigenvalue weighted by atomic mass is 10.1. The zero-order chi connectivity index (χ0) is 15.7. The minimum Gasteiger partial charge on any atom is -0.497 e. The molecule has 0 aliphatic carbocycles. The molecule has 0 saturated heterocycles. The summed E-state index contributed by atoms with van der Waals surface area (Å²) in [4.78, 5) is 16.0. The first-order chi connectivity index (χ1) is 10.7. The van der Waals surface area contributed by atoms with Crippen molar-refractivity contribution < 1.29 is 14.6 Å². The average Bonchev–Trinajstić information content (AvgIpc) is 2.93. The Hall–Kier alpha value is -2.82. The molecule has 5 heteroatoms. The number of carbonyl (C=O) groups is 1. The Balaban J connectivity index is 2.29. The fourth-order valence-electron chi connectivity index (χ4n) is 2.62. The molecule has 0 aliphatic rings. The molecule has 3 aromatic rings. The Morgan fingerprint density at radius 1 is 1.32 bits per heavy atom. The molecule has 2 heterocycles. The van der Waals surface area contributed by atoms with Crippen LogP contribution in [0.4, 0.5) is 0 Å². The molecular weight excluding hydrogens is 280 g/mol. The van der Waals surface area contributed by atoms with E-state index in [-0.39, 0.29) is 5.56 Å². The van der Waals surface area contributed by atoms with Gasteiger partial charge in [-0.1, -0.05) is 19.1 Å². The highest BCUT2D eigenvalue weighted by molar-refractivity contribution is 5.95. The number of methoxy groups -OCH3 is 1. The van der Waals surface area contributed by atoms with E-state index in [9.17, 15) is 9.90 Å². The zero-order valence-corrected chi connectivity index (χ0v) is 12.4. The molecule has 22 heavy (non-hydrogen) atoms. The van der Waals surface area contributed by atoms with Crippen molar-refractivity contribution in [3.05, 3.63) is 53.9 Å². The zero-order valence-electron chi connectivity index (χ0n) is 12.4. The van der Waals surface area contributed by atoms with Gasteiger partial charge in [-0.2, -0.15) is 0 Å². The lowest BCUT2D eigenvalue weighted by molar-refractivity contribution is 0.0698. The third-order valence-electron chi connectivity index (χ3n) is 3.66. The normalized spacial score (nSPS) is 10.8. The molecule has 0 unspecified atom stereocenters. The Bertz CT molecular complexity index is 852. The first kappa shape index (κ1) is 14.1. The number of aromatic carboxylic acids is 1. The lowest BCUT2D eigenvalue weighted by Gasteiger charge is -2.04. The highest BCUT2D eigenvalue weighted by Crippen LogP contribution is 2.28. The van der Waals surface area contributed by atoms with Crippen LogP contribution in [0.2, 0.25) is 0 Å². The van der Waals surface area contributed by atoms with E-state index in [0.29, 0.717) is 5.65 Å². The lowest BCUT2D eigenvalue weighted by Crippen LogP contribution is -2.01. The number of imidazole rings is 1. The van der Waals surface area contributed by atoms with Crippen molar-refractivity contribution in [3.8, 4) is 17.0 Å². The molecule has 1 N–H and O–H groups in total. The van der Waals surface area contributed by atoms with Gasteiger partial charge in [0.15, 0.2) is 5.65 Å². The molecule has 1 aromatic carbocycles. The second kappa shape index (κ2) is 5.52. The monoisotopic (exact) mass is 296 g/mol. The van der Waals surface area contributed by atoms with Gasteiger partial charge in [-0.05, 0) is 30.7 Å². The van der Waals surface area contributed by atoms with Crippen molar-refractivity contribution in [3.63, 3.8) is 0 Å². The van der Waals surface area contributed by atoms with Crippen LogP contribution >= 0.6 is 0 Å². The van der Waals surface area contributed by atoms with E-state index in [1.54, 1.807) is 19.2 Å². The SMILES string of the molecule is CCc1c(-c2cccc(OC)c2)nc2c(C(=O)O)cccn12. The number of fused-ring (bicyclic) bond motifs is 1. The Morgan fingerprint density at radius 2 is 2.14 bits per heavy atom. The predicted molar refractivity (Wildman–Crippen MR) is 83.5 cm³/mol. The fraction of sp³-hybridized carbons (Fsp3) is 0.176. The highest BCUT2D eigenvalue weighted by atomic mass is 16.5. The molecule has 5 nitrogen and oxygen atoms in total. The Labute approximate surface area is 127 Å². The highest BCUT2D eigenvalue weighted by Gasteiger charge is 2.17. The van der Waals surface area contributed by atoms with Crippen LogP contribution in [0.25, 0.3) is 16.9 Å². The van der Waals surface area contributed by atoms with Crippen molar-refractivity contribution in [1.82, 2.24) is 9.38 Å². The summed E-state index contributed by atoms with van der Waals surface area (Å²) in [7, 11) is 1.62. The number of benzene rings is 1. The van der Waals surface area contributed by atoms with Crippen molar-refractivity contribution in [2.45, 2.75) is 13.3 Å². The first-order valence-corrected chi connectivity index (χ1v) is 7.03. The van der Waals surface area contributed by atoms with Crippen molar-refractivity contribution in [2.24, 2.45) is 0 Å². The van der Waals surface area contributed by atoms with Crippen LogP contribution in [0.5, 0.6) is 5.75 Å². The van der Waals surface area contributed by atoms with Gasteiger partial charge in [0, 0.05) is 11.8 Å². The number of carboxylic acids is 1. The van der Waals surface area contributed by atoms with E-state index in [0.717, 1.165) is 29.1 Å². The van der Waals surface area contributed by atoms with Gasteiger partial charge in [-0.25, -0.2) is 9.78 Å². The number of pyridine rings is 1. The molecule has 0 saturated carbocycles. The Morgan fingerprint density at radius 3 is 2.82 bits per heavy atom. The average molecular weight is 296 g/mol. The molecule has 0 fully saturated rings. The molecule has 112 valence electrons. The molecule has 0 bridgehead atoms. The summed E-state index contributed by atoms with van der Waals surface area (Å²) < 4.78 is 7.10. The van der Waals surface area contributed by atoms with Gasteiger partial charge in [-0.3, -0.25) is 0 Å². The summed E-state index contributed by atoms with van der Waals surface area (Å²) >= 11 is 0. The maximum absolute atomic E-state index is 11.4. The van der Waals surface area contributed by atoms with Gasteiger partial charge in [0.1, 0.15) is 11.3 Å². The smallest absolute Gasteiger partial charge is 0.339 e. The second-order valence-corrected chi connectivity index (χ2v) is 4.91. The minimum atomic E-state index is -0.976. The van der Waals surface area contributed by atoms with E-state index >= 15 is 0 Å². The summed E-state index contributed by atoms with van der Waals surface area (Å²) in [5.74, 6) is -0.231. The molecule has 0 spiro atoms. The van der Waals surface area contributed by atoms with E-state index in [4.69, 9.17) is 4.74 Å². The van der Waals surface area contributed by atoms with Gasteiger partial charge >= 0.3 is 5.97 Å². The maximum atomic E-state index is 11.4. The van der Waals surface area contributed by atoms with Crippen LogP contribution in [0.3, 0.4) is 0 Å². The molecule has 0 radical (unpaired) electrons. The Kier molecular flexibility index (Phi) is 3.55. The number of hydrogen-bond acceptors (Lipinski definition) is 3. The summed E-state index contributed by atoms with van der Waals surface area (Å²) in [6.07, 6.45) is 2.59. The van der Waals surface area contributed by atoms with Crippen LogP contribution in [0.15, 0.2) is 42.6 Å². The largest absolute Gasteiger partial charge is 0.497 e. The van der Waals surface area contributed by atoms with Crippen LogP contribution in [-0.4, -0.2) is 27.6 Å². The minimum absolute atomic E-state index is 0.200. The molecule has 0 atom stereocenters. The number of carboxylic acid groups (broad SMARTS) is 1. The second-order valence-electron chi connectivity index (χ2n) is 4.91. The number of aryl methyl sites for hydroxylation is 1. The molecular formula is C17H16N2O3. The van der Waals surface area contributed by atoms with Gasteiger partial charge in [-0.15, -0.1) is 0 Å². The van der Waals surface area contributed by atoms with E-state index in [1.165, 1.54) is 0 Å². The van der Waals surface area contributed by atoms with Gasteiger partial charge < -0.3 is 14.2 Å². The van der Waals surface area contributed by atoms with Crippen molar-refractivity contribution in [1.29, 1.82) is 0 Å². The van der Waals surface area contributed by atoms with E-state index < -0.39 is 5.97 Å². The quantitative estimate of drug-likeness (QED) is 0.802. The van der Waals surface area contributed by atoms with Crippen LogP contribution < -0.4 is 4.74 Å². The van der Waals surface area contributed by atoms with E-state index in [1.807, 2.05) is 41.8 Å². The third kappa shape index (κ3) is 2.20. The topological polar surface area (TPSA) is 63.8 Å². The molecule has 2 aromatic heterocycles. The molecule has 0 amide bonds. The van der Waals surface area contributed by atoms with Gasteiger partial charge in [0.25, 0.3) is 0 Å². The number of nitrogens with zero attached hydrogens (tertiary/aromatic N) is 2. The number of ether oxygens (including phenoxy) is 1. The summed E-state index contributed by atoms with van der Waals surface area (Å²) in [6, 6.07) is 10.9. The number of rotatable bonds is 4.